The monoisotopic (exact) mass is 422 g/mol. The molecule has 1 saturated heterocycles. The average Bonchev–Trinajstić information content (AvgIpc) is 2.96. The van der Waals surface area contributed by atoms with Crippen LogP contribution in [0.25, 0.3) is 0 Å². The average molecular weight is 422 g/mol. The highest BCUT2D eigenvalue weighted by Crippen LogP contribution is 2.36. The fraction of sp³-hybridized carbons (Fsp3) is 0.591. The maximum atomic E-state index is 12.5. The molecule has 2 rings (SSSR count). The lowest BCUT2D eigenvalue weighted by atomic mass is 9.85. The molecule has 6 atom stereocenters. The quantitative estimate of drug-likeness (QED) is 0.297. The van der Waals surface area contributed by atoms with E-state index in [0.29, 0.717) is 12.0 Å². The van der Waals surface area contributed by atoms with Crippen LogP contribution in [-0.2, 0) is 28.6 Å². The third-order valence-corrected chi connectivity index (χ3v) is 5.56. The highest BCUT2D eigenvalue weighted by Gasteiger charge is 2.45. The standard InChI is InChI=1S/C22H30O8/c1-6-11(2)21(26)29-18-7-12(3)16(25)9-17(28-14(5)24)15(10-23)8-19-20(18)13(4)22(27)30-19/h7-8,11,16-20,23,25H,4,6,9-10H2,1-3,5H3/b12-7-,15-8-/t11-,16-,17-,18+,19?,20+/m0/s1. The van der Waals surface area contributed by atoms with E-state index >= 15 is 0 Å². The van der Waals surface area contributed by atoms with Crippen molar-refractivity contribution in [2.75, 3.05) is 6.61 Å². The molecule has 2 N–H and O–H groups in total. The van der Waals surface area contributed by atoms with E-state index in [9.17, 15) is 24.6 Å². The molecule has 1 heterocycles. The Bertz CT molecular complexity index is 765. The number of carbonyl (C=O) groups excluding carboxylic acids is 3. The first-order valence-electron chi connectivity index (χ1n) is 10.0. The van der Waals surface area contributed by atoms with Gasteiger partial charge in [-0.1, -0.05) is 20.4 Å². The molecule has 0 spiro atoms. The van der Waals surface area contributed by atoms with Crippen LogP contribution in [0.2, 0.25) is 0 Å². The summed E-state index contributed by atoms with van der Waals surface area (Å²) in [4.78, 5) is 36.2. The van der Waals surface area contributed by atoms with E-state index in [-0.39, 0.29) is 23.5 Å². The van der Waals surface area contributed by atoms with E-state index in [2.05, 4.69) is 6.58 Å². The van der Waals surface area contributed by atoms with Crippen LogP contribution in [-0.4, -0.2) is 59.1 Å². The topological polar surface area (TPSA) is 119 Å². The van der Waals surface area contributed by atoms with Crippen molar-refractivity contribution in [3.8, 4) is 0 Å². The molecule has 1 unspecified atom stereocenters. The molecular formula is C22H30O8. The predicted molar refractivity (Wildman–Crippen MR) is 107 cm³/mol. The Labute approximate surface area is 176 Å². The number of esters is 3. The van der Waals surface area contributed by atoms with Gasteiger partial charge in [-0.3, -0.25) is 9.59 Å². The van der Waals surface area contributed by atoms with Gasteiger partial charge in [-0.25, -0.2) is 4.79 Å². The van der Waals surface area contributed by atoms with Crippen molar-refractivity contribution in [2.45, 2.75) is 65.0 Å². The molecule has 0 saturated carbocycles. The van der Waals surface area contributed by atoms with Crippen molar-refractivity contribution in [3.05, 3.63) is 35.5 Å². The van der Waals surface area contributed by atoms with Gasteiger partial charge in [0.15, 0.2) is 0 Å². The normalized spacial score (nSPS) is 33.9. The third kappa shape index (κ3) is 5.37. The minimum atomic E-state index is -1.03. The number of hydrogen-bond acceptors (Lipinski definition) is 8. The molecule has 166 valence electrons. The van der Waals surface area contributed by atoms with Gasteiger partial charge in [-0.2, -0.15) is 0 Å². The predicted octanol–water partition coefficient (Wildman–Crippen LogP) is 1.60. The summed E-state index contributed by atoms with van der Waals surface area (Å²) in [6.45, 7) is 9.80. The number of aliphatic hydroxyl groups is 2. The third-order valence-electron chi connectivity index (χ3n) is 5.56. The second kappa shape index (κ2) is 10.0. The van der Waals surface area contributed by atoms with Crippen LogP contribution in [0.15, 0.2) is 35.5 Å². The van der Waals surface area contributed by atoms with Crippen molar-refractivity contribution < 1.29 is 38.8 Å². The number of carbonyl (C=O) groups is 3. The number of rotatable bonds is 5. The number of hydrogen-bond donors (Lipinski definition) is 2. The molecule has 2 aliphatic rings. The maximum absolute atomic E-state index is 12.5. The molecule has 8 nitrogen and oxygen atoms in total. The molecule has 0 aromatic rings. The van der Waals surface area contributed by atoms with Crippen molar-refractivity contribution in [1.29, 1.82) is 0 Å². The molecule has 0 aromatic carbocycles. The van der Waals surface area contributed by atoms with Crippen LogP contribution in [0.5, 0.6) is 0 Å². The summed E-state index contributed by atoms with van der Waals surface area (Å²) in [7, 11) is 0. The van der Waals surface area contributed by atoms with Gasteiger partial charge in [0.1, 0.15) is 18.3 Å². The van der Waals surface area contributed by atoms with Gasteiger partial charge < -0.3 is 24.4 Å². The molecule has 30 heavy (non-hydrogen) atoms. The smallest absolute Gasteiger partial charge is 0.334 e. The van der Waals surface area contributed by atoms with Gasteiger partial charge in [-0.05, 0) is 36.6 Å². The first-order chi connectivity index (χ1) is 14.1. The van der Waals surface area contributed by atoms with E-state index in [1.165, 1.54) is 13.0 Å². The van der Waals surface area contributed by atoms with Gasteiger partial charge >= 0.3 is 17.9 Å². The van der Waals surface area contributed by atoms with Gasteiger partial charge in [-0.15, -0.1) is 0 Å². The van der Waals surface area contributed by atoms with Crippen LogP contribution in [0, 0.1) is 11.8 Å². The molecular weight excluding hydrogens is 392 g/mol. The minimum Gasteiger partial charge on any atom is -0.458 e. The fourth-order valence-corrected chi connectivity index (χ4v) is 3.47. The molecule has 0 amide bonds. The highest BCUT2D eigenvalue weighted by atomic mass is 16.6. The lowest BCUT2D eigenvalue weighted by molar-refractivity contribution is -0.154. The number of aliphatic hydroxyl groups excluding tert-OH is 2. The Balaban J connectivity index is 2.53. The van der Waals surface area contributed by atoms with Crippen molar-refractivity contribution in [1.82, 2.24) is 0 Å². The van der Waals surface area contributed by atoms with Gasteiger partial charge in [0.05, 0.1) is 24.5 Å². The second-order valence-electron chi connectivity index (χ2n) is 7.79. The molecule has 1 aliphatic carbocycles. The summed E-state index contributed by atoms with van der Waals surface area (Å²) < 4.78 is 16.4. The van der Waals surface area contributed by atoms with Gasteiger partial charge in [0, 0.05) is 18.9 Å². The lowest BCUT2D eigenvalue weighted by Gasteiger charge is -2.29. The van der Waals surface area contributed by atoms with E-state index in [0.717, 1.165) is 0 Å². The minimum absolute atomic E-state index is 0.00733. The van der Waals surface area contributed by atoms with Crippen LogP contribution >= 0.6 is 0 Å². The van der Waals surface area contributed by atoms with E-state index in [1.807, 2.05) is 6.92 Å². The van der Waals surface area contributed by atoms with Crippen LogP contribution in [0.1, 0.15) is 40.5 Å². The van der Waals surface area contributed by atoms with Crippen molar-refractivity contribution in [3.63, 3.8) is 0 Å². The van der Waals surface area contributed by atoms with Gasteiger partial charge in [0.25, 0.3) is 0 Å². The number of ether oxygens (including phenoxy) is 3. The number of fused-ring (bicyclic) bond motifs is 1. The highest BCUT2D eigenvalue weighted by molar-refractivity contribution is 5.91. The molecule has 0 bridgehead atoms. The molecule has 8 heteroatoms. The van der Waals surface area contributed by atoms with E-state index in [1.54, 1.807) is 19.9 Å². The fourth-order valence-electron chi connectivity index (χ4n) is 3.47. The molecule has 0 aromatic heterocycles. The van der Waals surface area contributed by atoms with Crippen LogP contribution < -0.4 is 0 Å². The van der Waals surface area contributed by atoms with Crippen molar-refractivity contribution >= 4 is 17.9 Å². The zero-order chi connectivity index (χ0) is 22.6. The first kappa shape index (κ1) is 23.8. The Kier molecular flexibility index (Phi) is 7.97. The van der Waals surface area contributed by atoms with Crippen molar-refractivity contribution in [2.24, 2.45) is 11.8 Å². The second-order valence-corrected chi connectivity index (χ2v) is 7.79. The largest absolute Gasteiger partial charge is 0.458 e. The van der Waals surface area contributed by atoms with Gasteiger partial charge in [0.2, 0.25) is 0 Å². The van der Waals surface area contributed by atoms with Crippen LogP contribution in [0.3, 0.4) is 0 Å². The maximum Gasteiger partial charge on any atom is 0.334 e. The summed E-state index contributed by atoms with van der Waals surface area (Å²) in [5.41, 5.74) is 0.876. The Morgan fingerprint density at radius 1 is 1.33 bits per heavy atom. The zero-order valence-corrected chi connectivity index (χ0v) is 17.8. The summed E-state index contributed by atoms with van der Waals surface area (Å²) >= 11 is 0. The Morgan fingerprint density at radius 2 is 2.00 bits per heavy atom. The Hall–Kier alpha value is -2.45. The summed E-state index contributed by atoms with van der Waals surface area (Å²) in [5.74, 6) is -2.74. The SMILES string of the molecule is C=C1C(=O)OC2/C=C(/CO)[C@@H](OC(C)=O)C[C@H](O)/C(C)=C\[C@@H](OC(=O)[C@@H](C)CC)[C@@H]12. The zero-order valence-electron chi connectivity index (χ0n) is 17.8. The van der Waals surface area contributed by atoms with E-state index in [4.69, 9.17) is 14.2 Å². The Morgan fingerprint density at radius 3 is 2.57 bits per heavy atom. The lowest BCUT2D eigenvalue weighted by Crippen LogP contribution is -2.36. The molecule has 1 fully saturated rings. The summed E-state index contributed by atoms with van der Waals surface area (Å²) in [6.07, 6.45) is -0.0639. The van der Waals surface area contributed by atoms with E-state index < -0.39 is 54.8 Å². The molecule has 0 radical (unpaired) electrons. The summed E-state index contributed by atoms with van der Waals surface area (Å²) in [5, 5.41) is 20.5. The van der Waals surface area contributed by atoms with Crippen LogP contribution in [0.4, 0.5) is 0 Å². The first-order valence-corrected chi connectivity index (χ1v) is 10.0. The molecule has 1 aliphatic heterocycles. The summed E-state index contributed by atoms with van der Waals surface area (Å²) in [6, 6.07) is 0.